The van der Waals surface area contributed by atoms with Crippen LogP contribution >= 0.6 is 0 Å². The molecule has 1 saturated carbocycles. The van der Waals surface area contributed by atoms with E-state index in [4.69, 9.17) is 0 Å². The number of hydrogen-bond acceptors (Lipinski definition) is 3. The molecule has 2 N–H and O–H groups in total. The van der Waals surface area contributed by atoms with E-state index in [9.17, 15) is 14.7 Å². The lowest BCUT2D eigenvalue weighted by molar-refractivity contribution is -0.153. The van der Waals surface area contributed by atoms with Gasteiger partial charge >= 0.3 is 5.97 Å². The van der Waals surface area contributed by atoms with E-state index in [1.807, 2.05) is 13.8 Å². The van der Waals surface area contributed by atoms with Gasteiger partial charge in [0.15, 0.2) is 0 Å². The Labute approximate surface area is 115 Å². The fourth-order valence-corrected chi connectivity index (χ4v) is 1.99. The topological polar surface area (TPSA) is 69.6 Å². The van der Waals surface area contributed by atoms with Crippen molar-refractivity contribution < 1.29 is 14.7 Å². The number of rotatable bonds is 8. The Kier molecular flexibility index (Phi) is 5.35. The molecule has 0 bridgehead atoms. The van der Waals surface area contributed by atoms with Gasteiger partial charge in [-0.15, -0.1) is 0 Å². The Morgan fingerprint density at radius 3 is 2.42 bits per heavy atom. The Morgan fingerprint density at radius 2 is 2.00 bits per heavy atom. The summed E-state index contributed by atoms with van der Waals surface area (Å²) in [5.74, 6) is -1.17. The molecule has 1 aliphatic carbocycles. The molecule has 0 saturated heterocycles. The highest BCUT2D eigenvalue weighted by atomic mass is 16.4. The molecule has 1 atom stereocenters. The number of nitrogens with one attached hydrogen (secondary N) is 1. The van der Waals surface area contributed by atoms with Crippen molar-refractivity contribution in [2.45, 2.75) is 46.1 Å². The van der Waals surface area contributed by atoms with Crippen LogP contribution in [0.15, 0.2) is 0 Å². The summed E-state index contributed by atoms with van der Waals surface area (Å²) in [6.07, 6.45) is 2.52. The first kappa shape index (κ1) is 16.0. The van der Waals surface area contributed by atoms with Gasteiger partial charge < -0.3 is 15.3 Å². The Hall–Kier alpha value is -1.10. The van der Waals surface area contributed by atoms with Gasteiger partial charge in [-0.2, -0.15) is 0 Å². The van der Waals surface area contributed by atoms with Crippen LogP contribution in [0, 0.1) is 11.3 Å². The minimum Gasteiger partial charge on any atom is -0.481 e. The molecular weight excluding hydrogens is 244 g/mol. The van der Waals surface area contributed by atoms with Crippen LogP contribution in [-0.4, -0.2) is 48.1 Å². The minimum atomic E-state index is -0.994. The van der Waals surface area contributed by atoms with Crippen molar-refractivity contribution in [1.82, 2.24) is 10.2 Å². The summed E-state index contributed by atoms with van der Waals surface area (Å²) in [6, 6.07) is 0.678. The van der Waals surface area contributed by atoms with E-state index >= 15 is 0 Å². The van der Waals surface area contributed by atoms with Gasteiger partial charge in [0.1, 0.15) is 0 Å². The van der Waals surface area contributed by atoms with Crippen LogP contribution in [0.2, 0.25) is 0 Å². The molecule has 1 unspecified atom stereocenters. The summed E-state index contributed by atoms with van der Waals surface area (Å²) in [4.78, 5) is 25.4. The molecule has 1 aliphatic rings. The minimum absolute atomic E-state index is 0.0349. The first-order chi connectivity index (χ1) is 8.77. The number of hydrogen-bond donors (Lipinski definition) is 2. The Bertz CT molecular complexity index is 340. The van der Waals surface area contributed by atoms with Crippen molar-refractivity contribution in [3.05, 3.63) is 0 Å². The molecule has 1 fully saturated rings. The van der Waals surface area contributed by atoms with Gasteiger partial charge in [0, 0.05) is 25.6 Å². The van der Waals surface area contributed by atoms with Crippen LogP contribution in [0.5, 0.6) is 0 Å². The van der Waals surface area contributed by atoms with Crippen LogP contribution in [0.3, 0.4) is 0 Å². The zero-order valence-corrected chi connectivity index (χ0v) is 12.4. The molecule has 0 aromatic heterocycles. The summed E-state index contributed by atoms with van der Waals surface area (Å²) in [5, 5.41) is 12.1. The molecule has 1 amide bonds. The smallest absolute Gasteiger partial charge is 0.310 e. The third-order valence-electron chi connectivity index (χ3n) is 4.25. The molecule has 110 valence electrons. The Morgan fingerprint density at radius 1 is 1.42 bits per heavy atom. The predicted octanol–water partition coefficient (Wildman–Crippen LogP) is 1.33. The third-order valence-corrected chi connectivity index (χ3v) is 4.25. The second-order valence-electron chi connectivity index (χ2n) is 6.12. The van der Waals surface area contributed by atoms with Crippen LogP contribution in [-0.2, 0) is 9.59 Å². The van der Waals surface area contributed by atoms with Gasteiger partial charge in [-0.25, -0.2) is 0 Å². The normalized spacial score (nSPS) is 18.4. The fourth-order valence-electron chi connectivity index (χ4n) is 1.99. The van der Waals surface area contributed by atoms with E-state index in [0.717, 1.165) is 6.54 Å². The number of carbonyl (C=O) groups excluding carboxylic acids is 1. The van der Waals surface area contributed by atoms with Gasteiger partial charge in [0.05, 0.1) is 5.41 Å². The van der Waals surface area contributed by atoms with Crippen LogP contribution in [0.25, 0.3) is 0 Å². The van der Waals surface area contributed by atoms with Crippen LogP contribution in [0.1, 0.15) is 40.0 Å². The number of aliphatic carboxylic acids is 1. The van der Waals surface area contributed by atoms with Crippen molar-refractivity contribution in [3.8, 4) is 0 Å². The molecule has 5 nitrogen and oxygen atoms in total. The average Bonchev–Trinajstić information content (AvgIpc) is 3.11. The monoisotopic (exact) mass is 270 g/mol. The molecule has 1 rings (SSSR count). The Balaban J connectivity index is 2.34. The largest absolute Gasteiger partial charge is 0.481 e. The SMILES string of the molecule is CC(C)C(C)(CC(=O)NCCN(C)C1CC1)C(=O)O. The van der Waals surface area contributed by atoms with E-state index in [1.54, 1.807) is 6.92 Å². The van der Waals surface area contributed by atoms with Gasteiger partial charge in [-0.1, -0.05) is 13.8 Å². The molecule has 0 heterocycles. The number of nitrogens with zero attached hydrogens (tertiary/aromatic N) is 1. The lowest BCUT2D eigenvalue weighted by Crippen LogP contribution is -2.41. The van der Waals surface area contributed by atoms with Gasteiger partial charge in [0.2, 0.25) is 5.91 Å². The van der Waals surface area contributed by atoms with E-state index < -0.39 is 11.4 Å². The number of carboxylic acids is 1. The van der Waals surface area contributed by atoms with Crippen LogP contribution in [0.4, 0.5) is 0 Å². The first-order valence-corrected chi connectivity index (χ1v) is 6.97. The van der Waals surface area contributed by atoms with E-state index in [0.29, 0.717) is 12.6 Å². The predicted molar refractivity (Wildman–Crippen MR) is 73.9 cm³/mol. The molecule has 0 spiro atoms. The van der Waals surface area contributed by atoms with Crippen LogP contribution < -0.4 is 5.32 Å². The molecule has 19 heavy (non-hydrogen) atoms. The number of carbonyl (C=O) groups is 2. The van der Waals surface area contributed by atoms with Crippen molar-refractivity contribution >= 4 is 11.9 Å². The van der Waals surface area contributed by atoms with Gasteiger partial charge in [-0.3, -0.25) is 9.59 Å². The van der Waals surface area contributed by atoms with E-state index in [1.165, 1.54) is 12.8 Å². The summed E-state index contributed by atoms with van der Waals surface area (Å²) in [5.41, 5.74) is -0.994. The van der Waals surface area contributed by atoms with Crippen molar-refractivity contribution in [1.29, 1.82) is 0 Å². The fraction of sp³-hybridized carbons (Fsp3) is 0.857. The average molecular weight is 270 g/mol. The second-order valence-corrected chi connectivity index (χ2v) is 6.12. The lowest BCUT2D eigenvalue weighted by atomic mass is 9.76. The third kappa shape index (κ3) is 4.49. The number of likely N-dealkylation sites (N-methyl/N-ethyl adjacent to an activating group) is 1. The maximum Gasteiger partial charge on any atom is 0.310 e. The van der Waals surface area contributed by atoms with Crippen molar-refractivity contribution in [2.24, 2.45) is 11.3 Å². The highest BCUT2D eigenvalue weighted by molar-refractivity contribution is 5.84. The summed E-state index contributed by atoms with van der Waals surface area (Å²) >= 11 is 0. The summed E-state index contributed by atoms with van der Waals surface area (Å²) < 4.78 is 0. The highest BCUT2D eigenvalue weighted by Gasteiger charge is 2.38. The zero-order chi connectivity index (χ0) is 14.6. The molecule has 5 heteroatoms. The maximum atomic E-state index is 11.8. The van der Waals surface area contributed by atoms with Gasteiger partial charge in [0.25, 0.3) is 0 Å². The molecule has 0 aromatic carbocycles. The second kappa shape index (κ2) is 6.37. The van der Waals surface area contributed by atoms with E-state index in [2.05, 4.69) is 17.3 Å². The molecule has 0 radical (unpaired) electrons. The lowest BCUT2D eigenvalue weighted by Gasteiger charge is -2.28. The molecule has 0 aromatic rings. The first-order valence-electron chi connectivity index (χ1n) is 6.97. The summed E-state index contributed by atoms with van der Waals surface area (Å²) in [6.45, 7) is 6.71. The van der Waals surface area contributed by atoms with Crippen molar-refractivity contribution in [3.63, 3.8) is 0 Å². The molecule has 0 aliphatic heterocycles. The highest BCUT2D eigenvalue weighted by Crippen LogP contribution is 2.31. The quantitative estimate of drug-likeness (QED) is 0.698. The molecular formula is C14H26N2O3. The summed E-state index contributed by atoms with van der Waals surface area (Å²) in [7, 11) is 2.05. The van der Waals surface area contributed by atoms with E-state index in [-0.39, 0.29) is 18.2 Å². The zero-order valence-electron chi connectivity index (χ0n) is 12.4. The number of amides is 1. The standard InChI is InChI=1S/C14H26N2O3/c1-10(2)14(3,13(18)19)9-12(17)15-7-8-16(4)11-5-6-11/h10-11H,5-9H2,1-4H3,(H,15,17)(H,18,19). The maximum absolute atomic E-state index is 11.8. The van der Waals surface area contributed by atoms with Crippen molar-refractivity contribution in [2.75, 3.05) is 20.1 Å². The van der Waals surface area contributed by atoms with Gasteiger partial charge in [-0.05, 0) is 32.7 Å². The number of carboxylic acid groups (broad SMARTS) is 1.